The summed E-state index contributed by atoms with van der Waals surface area (Å²) in [4.78, 5) is 23.0. The largest absolute Gasteiger partial charge is 0.461 e. The molecular weight excluding hydrogens is 266 g/mol. The lowest BCUT2D eigenvalue weighted by atomic mass is 10.2. The summed E-state index contributed by atoms with van der Waals surface area (Å²) in [6.45, 7) is 2.05. The number of carbonyl (C=O) groups excluding carboxylic acids is 1. The van der Waals surface area contributed by atoms with Gasteiger partial charge in [0.1, 0.15) is 0 Å². The van der Waals surface area contributed by atoms with Crippen LogP contribution in [0, 0.1) is 0 Å². The van der Waals surface area contributed by atoms with E-state index in [0.29, 0.717) is 12.1 Å². The first-order chi connectivity index (χ1) is 9.20. The molecule has 3 heterocycles. The van der Waals surface area contributed by atoms with Crippen LogP contribution < -0.4 is 0 Å². The van der Waals surface area contributed by atoms with Crippen LogP contribution in [0.1, 0.15) is 17.4 Å². The van der Waals surface area contributed by atoms with Crippen molar-refractivity contribution in [1.29, 1.82) is 0 Å². The van der Waals surface area contributed by atoms with E-state index >= 15 is 0 Å². The van der Waals surface area contributed by atoms with E-state index in [0.717, 1.165) is 16.3 Å². The van der Waals surface area contributed by atoms with Crippen LogP contribution in [-0.4, -0.2) is 27.5 Å². The summed E-state index contributed by atoms with van der Waals surface area (Å²) in [6.07, 6.45) is 3.39. The van der Waals surface area contributed by atoms with Crippen LogP contribution in [0.15, 0.2) is 24.5 Å². The Morgan fingerprint density at radius 1 is 1.47 bits per heavy atom. The number of ether oxygens (including phenoxy) is 1. The molecule has 5 nitrogen and oxygen atoms in total. The summed E-state index contributed by atoms with van der Waals surface area (Å²) in [6, 6.07) is 3.54. The minimum Gasteiger partial charge on any atom is -0.461 e. The van der Waals surface area contributed by atoms with Gasteiger partial charge in [0, 0.05) is 17.0 Å². The van der Waals surface area contributed by atoms with Crippen molar-refractivity contribution in [3.63, 3.8) is 0 Å². The predicted octanol–water partition coefficient (Wildman–Crippen LogP) is 2.94. The fourth-order valence-corrected chi connectivity index (χ4v) is 2.26. The number of hydrogen-bond acceptors (Lipinski definition) is 4. The third-order valence-electron chi connectivity index (χ3n) is 2.83. The SMILES string of the molecule is CCOC(=O)c1cc2c([nH]c3cnccc32)c(Cl)n1. The van der Waals surface area contributed by atoms with Crippen LogP contribution in [0.4, 0.5) is 0 Å². The number of esters is 1. The van der Waals surface area contributed by atoms with Gasteiger partial charge in [-0.3, -0.25) is 4.98 Å². The molecule has 0 bridgehead atoms. The molecule has 0 aliphatic rings. The maximum absolute atomic E-state index is 11.7. The first-order valence-electron chi connectivity index (χ1n) is 5.79. The van der Waals surface area contributed by atoms with Gasteiger partial charge in [-0.2, -0.15) is 0 Å². The van der Waals surface area contributed by atoms with E-state index < -0.39 is 5.97 Å². The molecule has 0 saturated carbocycles. The molecule has 0 aliphatic carbocycles. The fraction of sp³-hybridized carbons (Fsp3) is 0.154. The summed E-state index contributed by atoms with van der Waals surface area (Å²) in [5, 5.41) is 2.03. The van der Waals surface area contributed by atoms with Gasteiger partial charge < -0.3 is 9.72 Å². The van der Waals surface area contributed by atoms with Crippen molar-refractivity contribution < 1.29 is 9.53 Å². The molecule has 3 rings (SSSR count). The molecular formula is C13H10ClN3O2. The number of H-pyrrole nitrogens is 1. The smallest absolute Gasteiger partial charge is 0.356 e. The molecule has 0 radical (unpaired) electrons. The second-order valence-corrected chi connectivity index (χ2v) is 4.35. The van der Waals surface area contributed by atoms with E-state index in [9.17, 15) is 4.79 Å². The lowest BCUT2D eigenvalue weighted by Gasteiger charge is -2.02. The first kappa shape index (κ1) is 11.9. The van der Waals surface area contributed by atoms with E-state index in [1.54, 1.807) is 25.4 Å². The van der Waals surface area contributed by atoms with Crippen LogP contribution in [0.2, 0.25) is 5.15 Å². The van der Waals surface area contributed by atoms with Crippen molar-refractivity contribution in [2.45, 2.75) is 6.92 Å². The molecule has 0 atom stereocenters. The van der Waals surface area contributed by atoms with Crippen LogP contribution in [0.3, 0.4) is 0 Å². The van der Waals surface area contributed by atoms with Crippen molar-refractivity contribution in [1.82, 2.24) is 15.0 Å². The number of hydrogen-bond donors (Lipinski definition) is 1. The Balaban J connectivity index is 2.29. The average Bonchev–Trinajstić information content (AvgIpc) is 2.78. The normalized spacial score (nSPS) is 11.1. The highest BCUT2D eigenvalue weighted by Crippen LogP contribution is 2.29. The fourth-order valence-electron chi connectivity index (χ4n) is 2.02. The summed E-state index contributed by atoms with van der Waals surface area (Å²) in [5.41, 5.74) is 1.75. The quantitative estimate of drug-likeness (QED) is 0.577. The van der Waals surface area contributed by atoms with Crippen molar-refractivity contribution in [2.24, 2.45) is 0 Å². The molecule has 3 aromatic heterocycles. The maximum Gasteiger partial charge on any atom is 0.356 e. The Labute approximate surface area is 113 Å². The van der Waals surface area contributed by atoms with E-state index in [1.165, 1.54) is 0 Å². The highest BCUT2D eigenvalue weighted by molar-refractivity contribution is 6.35. The molecule has 0 saturated heterocycles. The van der Waals surface area contributed by atoms with Crippen LogP contribution in [0.25, 0.3) is 21.8 Å². The maximum atomic E-state index is 11.7. The average molecular weight is 276 g/mol. The third kappa shape index (κ3) is 1.92. The van der Waals surface area contributed by atoms with Crippen molar-refractivity contribution >= 4 is 39.4 Å². The molecule has 1 N–H and O–H groups in total. The summed E-state index contributed by atoms with van der Waals surface area (Å²) in [7, 11) is 0. The minimum absolute atomic E-state index is 0.206. The second-order valence-electron chi connectivity index (χ2n) is 3.99. The zero-order chi connectivity index (χ0) is 13.4. The molecule has 0 aromatic carbocycles. The summed E-state index contributed by atoms with van der Waals surface area (Å²) >= 11 is 6.11. The van der Waals surface area contributed by atoms with E-state index in [4.69, 9.17) is 16.3 Å². The van der Waals surface area contributed by atoms with Gasteiger partial charge in [-0.25, -0.2) is 9.78 Å². The standard InChI is InChI=1S/C13H10ClN3O2/c1-2-19-13(18)9-5-8-7-3-4-15-6-10(7)16-11(8)12(14)17-9/h3-6,16H,2H2,1H3. The Kier molecular flexibility index (Phi) is 2.83. The molecule has 0 fully saturated rings. The number of nitrogens with zero attached hydrogens (tertiary/aromatic N) is 2. The lowest BCUT2D eigenvalue weighted by molar-refractivity contribution is 0.0520. The molecule has 3 aromatic rings. The predicted molar refractivity (Wildman–Crippen MR) is 72.4 cm³/mol. The first-order valence-corrected chi connectivity index (χ1v) is 6.17. The van der Waals surface area contributed by atoms with E-state index in [2.05, 4.69) is 15.0 Å². The molecule has 0 unspecified atom stereocenters. The Hall–Kier alpha value is -2.14. The highest BCUT2D eigenvalue weighted by Gasteiger charge is 2.15. The second kappa shape index (κ2) is 4.51. The molecule has 96 valence electrons. The van der Waals surface area contributed by atoms with Crippen molar-refractivity contribution in [3.05, 3.63) is 35.4 Å². The van der Waals surface area contributed by atoms with Crippen LogP contribution in [0.5, 0.6) is 0 Å². The Morgan fingerprint density at radius 3 is 3.11 bits per heavy atom. The molecule has 19 heavy (non-hydrogen) atoms. The number of rotatable bonds is 2. The van der Waals surface area contributed by atoms with E-state index in [1.807, 2.05) is 6.07 Å². The van der Waals surface area contributed by atoms with Gasteiger partial charge in [0.25, 0.3) is 0 Å². The van der Waals surface area contributed by atoms with E-state index in [-0.39, 0.29) is 10.8 Å². The number of pyridine rings is 2. The number of carbonyl (C=O) groups is 1. The molecule has 6 heteroatoms. The van der Waals surface area contributed by atoms with Gasteiger partial charge in [-0.1, -0.05) is 11.6 Å². The number of aromatic amines is 1. The number of nitrogens with one attached hydrogen (secondary N) is 1. The van der Waals surface area contributed by atoms with Gasteiger partial charge in [0.15, 0.2) is 10.8 Å². The number of fused-ring (bicyclic) bond motifs is 3. The highest BCUT2D eigenvalue weighted by atomic mass is 35.5. The topological polar surface area (TPSA) is 67.9 Å². The molecule has 0 amide bonds. The van der Waals surface area contributed by atoms with Crippen LogP contribution in [-0.2, 0) is 4.74 Å². The Bertz CT molecular complexity index is 782. The van der Waals surface area contributed by atoms with Gasteiger partial charge in [-0.15, -0.1) is 0 Å². The Morgan fingerprint density at radius 2 is 2.32 bits per heavy atom. The van der Waals surface area contributed by atoms with Gasteiger partial charge in [-0.05, 0) is 19.1 Å². The molecule has 0 aliphatic heterocycles. The zero-order valence-electron chi connectivity index (χ0n) is 10.1. The van der Waals surface area contributed by atoms with Crippen molar-refractivity contribution in [3.8, 4) is 0 Å². The lowest BCUT2D eigenvalue weighted by Crippen LogP contribution is -2.07. The van der Waals surface area contributed by atoms with Gasteiger partial charge in [0.05, 0.1) is 23.8 Å². The monoisotopic (exact) mass is 275 g/mol. The summed E-state index contributed by atoms with van der Waals surface area (Å²) < 4.78 is 4.94. The van der Waals surface area contributed by atoms with Gasteiger partial charge in [0.2, 0.25) is 0 Å². The number of halogens is 1. The summed E-state index contributed by atoms with van der Waals surface area (Å²) in [5.74, 6) is -0.477. The number of aromatic nitrogens is 3. The van der Waals surface area contributed by atoms with Crippen molar-refractivity contribution in [2.75, 3.05) is 6.61 Å². The van der Waals surface area contributed by atoms with Crippen LogP contribution >= 0.6 is 11.6 Å². The molecule has 0 spiro atoms. The van der Waals surface area contributed by atoms with Gasteiger partial charge >= 0.3 is 5.97 Å². The zero-order valence-corrected chi connectivity index (χ0v) is 10.9. The third-order valence-corrected chi connectivity index (χ3v) is 3.10. The minimum atomic E-state index is -0.477.